The first kappa shape index (κ1) is 24.4. The third kappa shape index (κ3) is 7.71. The Balaban J connectivity index is 2.11. The number of amides is 2. The normalized spacial score (nSPS) is 11.7. The number of anilines is 2. The summed E-state index contributed by atoms with van der Waals surface area (Å²) in [4.78, 5) is 24.8. The Morgan fingerprint density at radius 2 is 1.68 bits per heavy atom. The van der Waals surface area contributed by atoms with E-state index in [1.807, 2.05) is 6.92 Å². The summed E-state index contributed by atoms with van der Waals surface area (Å²) >= 11 is 0. The third-order valence-electron chi connectivity index (χ3n) is 4.30. The molecule has 10 heteroatoms. The molecule has 2 rings (SSSR count). The smallest absolute Gasteiger partial charge is 0.324 e. The van der Waals surface area contributed by atoms with Gasteiger partial charge >= 0.3 is 6.18 Å². The highest BCUT2D eigenvalue weighted by molar-refractivity contribution is 7.92. The average Bonchev–Trinajstić information content (AvgIpc) is 2.67. The fraction of sp³-hybridized carbons (Fsp3) is 0.333. The summed E-state index contributed by atoms with van der Waals surface area (Å²) in [5.41, 5.74) is -0.947. The number of hydrogen-bond donors (Lipinski definition) is 2. The number of para-hydroxylation sites is 1. The Bertz CT molecular complexity index is 1040. The number of carbonyl (C=O) groups is 2. The number of alkyl halides is 3. The molecule has 0 aliphatic carbocycles. The standard InChI is InChI=1S/C21H23F3N2O4S/c1-2-3-6-12-31(29,30)14-19(27)26-18-11-5-4-10-17(18)20(28)25-16-9-7-8-15(13-16)21(22,23)24/h4-5,7-11,13H,2-3,6,12,14H2,1H3,(H,25,28)(H,26,27). The van der Waals surface area contributed by atoms with Crippen LogP contribution < -0.4 is 10.6 Å². The summed E-state index contributed by atoms with van der Waals surface area (Å²) in [5, 5.41) is 4.76. The Morgan fingerprint density at radius 1 is 0.968 bits per heavy atom. The quantitative estimate of drug-likeness (QED) is 0.544. The van der Waals surface area contributed by atoms with Crippen LogP contribution in [-0.4, -0.2) is 31.7 Å². The van der Waals surface area contributed by atoms with Crippen molar-refractivity contribution in [2.45, 2.75) is 32.4 Å². The molecule has 2 aromatic carbocycles. The van der Waals surface area contributed by atoms with E-state index in [1.54, 1.807) is 0 Å². The number of nitrogens with one attached hydrogen (secondary N) is 2. The van der Waals surface area contributed by atoms with Crippen LogP contribution >= 0.6 is 0 Å². The van der Waals surface area contributed by atoms with E-state index in [4.69, 9.17) is 0 Å². The van der Waals surface area contributed by atoms with E-state index in [-0.39, 0.29) is 22.7 Å². The summed E-state index contributed by atoms with van der Waals surface area (Å²) in [5.74, 6) is -2.37. The van der Waals surface area contributed by atoms with Gasteiger partial charge in [-0.2, -0.15) is 13.2 Å². The van der Waals surface area contributed by atoms with Crippen LogP contribution in [0.1, 0.15) is 42.1 Å². The second-order valence-electron chi connectivity index (χ2n) is 6.93. The van der Waals surface area contributed by atoms with Gasteiger partial charge in [-0.15, -0.1) is 0 Å². The van der Waals surface area contributed by atoms with Crippen LogP contribution in [0.25, 0.3) is 0 Å². The van der Waals surface area contributed by atoms with Crippen LogP contribution in [0.4, 0.5) is 24.5 Å². The van der Waals surface area contributed by atoms with E-state index in [2.05, 4.69) is 10.6 Å². The molecule has 2 amide bonds. The lowest BCUT2D eigenvalue weighted by Gasteiger charge is -2.13. The first-order chi connectivity index (χ1) is 14.5. The maximum absolute atomic E-state index is 12.9. The Hall–Kier alpha value is -2.88. The minimum Gasteiger partial charge on any atom is -0.324 e. The molecule has 0 bridgehead atoms. The van der Waals surface area contributed by atoms with E-state index in [1.165, 1.54) is 30.3 Å². The van der Waals surface area contributed by atoms with Crippen LogP contribution in [0.15, 0.2) is 48.5 Å². The fourth-order valence-corrected chi connectivity index (χ4v) is 4.05. The molecule has 0 unspecified atom stereocenters. The van der Waals surface area contributed by atoms with Gasteiger partial charge in [-0.3, -0.25) is 9.59 Å². The molecular formula is C21H23F3N2O4S. The molecule has 0 saturated carbocycles. The summed E-state index contributed by atoms with van der Waals surface area (Å²) < 4.78 is 62.7. The lowest BCUT2D eigenvalue weighted by molar-refractivity contribution is -0.137. The van der Waals surface area contributed by atoms with Crippen molar-refractivity contribution in [3.63, 3.8) is 0 Å². The molecule has 0 aromatic heterocycles. The van der Waals surface area contributed by atoms with E-state index in [0.717, 1.165) is 31.0 Å². The maximum atomic E-state index is 12.9. The predicted molar refractivity (Wildman–Crippen MR) is 113 cm³/mol. The van der Waals surface area contributed by atoms with Crippen molar-refractivity contribution in [1.82, 2.24) is 0 Å². The van der Waals surface area contributed by atoms with Crippen molar-refractivity contribution in [3.05, 3.63) is 59.7 Å². The molecule has 2 aromatic rings. The number of carbonyl (C=O) groups excluding carboxylic acids is 2. The van der Waals surface area contributed by atoms with Crippen LogP contribution in [0.2, 0.25) is 0 Å². The van der Waals surface area contributed by atoms with Crippen LogP contribution in [0.5, 0.6) is 0 Å². The Kier molecular flexibility index (Phi) is 8.21. The molecule has 6 nitrogen and oxygen atoms in total. The highest BCUT2D eigenvalue weighted by atomic mass is 32.2. The summed E-state index contributed by atoms with van der Waals surface area (Å²) in [6.07, 6.45) is -2.52. The van der Waals surface area contributed by atoms with Crippen molar-refractivity contribution in [3.8, 4) is 0 Å². The minimum atomic E-state index is -4.56. The van der Waals surface area contributed by atoms with Gasteiger partial charge in [-0.1, -0.05) is 38.0 Å². The van der Waals surface area contributed by atoms with Crippen molar-refractivity contribution >= 4 is 33.0 Å². The zero-order valence-corrected chi connectivity index (χ0v) is 17.6. The molecule has 0 aliphatic rings. The molecule has 168 valence electrons. The molecule has 2 N–H and O–H groups in total. The summed E-state index contributed by atoms with van der Waals surface area (Å²) in [7, 11) is -3.59. The SMILES string of the molecule is CCCCCS(=O)(=O)CC(=O)Nc1ccccc1C(=O)Nc1cccc(C(F)(F)F)c1. The number of hydrogen-bond acceptors (Lipinski definition) is 4. The second-order valence-corrected chi connectivity index (χ2v) is 9.11. The summed E-state index contributed by atoms with van der Waals surface area (Å²) in [6, 6.07) is 9.96. The highest BCUT2D eigenvalue weighted by Gasteiger charge is 2.30. The van der Waals surface area contributed by atoms with Crippen LogP contribution in [-0.2, 0) is 20.8 Å². The molecule has 0 fully saturated rings. The topological polar surface area (TPSA) is 92.3 Å². The van der Waals surface area contributed by atoms with E-state index in [9.17, 15) is 31.2 Å². The van der Waals surface area contributed by atoms with Crippen molar-refractivity contribution in [2.24, 2.45) is 0 Å². The van der Waals surface area contributed by atoms with Gasteiger partial charge < -0.3 is 10.6 Å². The van der Waals surface area contributed by atoms with Gasteiger partial charge in [-0.05, 0) is 36.8 Å². The highest BCUT2D eigenvalue weighted by Crippen LogP contribution is 2.31. The number of benzene rings is 2. The first-order valence-corrected chi connectivity index (χ1v) is 11.4. The van der Waals surface area contributed by atoms with Gasteiger partial charge in [0, 0.05) is 5.69 Å². The van der Waals surface area contributed by atoms with Crippen LogP contribution in [0.3, 0.4) is 0 Å². The molecule has 0 heterocycles. The molecule has 31 heavy (non-hydrogen) atoms. The van der Waals surface area contributed by atoms with Gasteiger partial charge in [-0.25, -0.2) is 8.42 Å². The minimum absolute atomic E-state index is 0.0170. The molecule has 0 saturated heterocycles. The second kappa shape index (κ2) is 10.4. The lowest BCUT2D eigenvalue weighted by Crippen LogP contribution is -2.26. The largest absolute Gasteiger partial charge is 0.416 e. The van der Waals surface area contributed by atoms with Gasteiger partial charge in [0.15, 0.2) is 9.84 Å². The molecular weight excluding hydrogens is 433 g/mol. The Morgan fingerprint density at radius 3 is 2.35 bits per heavy atom. The number of unbranched alkanes of at least 4 members (excludes halogenated alkanes) is 2. The number of halogens is 3. The van der Waals surface area contributed by atoms with Crippen LogP contribution in [0, 0.1) is 0 Å². The van der Waals surface area contributed by atoms with E-state index < -0.39 is 39.1 Å². The maximum Gasteiger partial charge on any atom is 0.416 e. The molecule has 0 aliphatic heterocycles. The third-order valence-corrected chi connectivity index (χ3v) is 5.92. The molecule has 0 atom stereocenters. The van der Waals surface area contributed by atoms with Crippen molar-refractivity contribution in [1.29, 1.82) is 0 Å². The number of rotatable bonds is 9. The van der Waals surface area contributed by atoms with E-state index in [0.29, 0.717) is 6.42 Å². The fourth-order valence-electron chi connectivity index (χ4n) is 2.79. The van der Waals surface area contributed by atoms with Crippen molar-refractivity contribution in [2.75, 3.05) is 22.1 Å². The van der Waals surface area contributed by atoms with E-state index >= 15 is 0 Å². The predicted octanol–water partition coefficient (Wildman–Crippen LogP) is 4.50. The van der Waals surface area contributed by atoms with Gasteiger partial charge in [0.05, 0.1) is 22.6 Å². The van der Waals surface area contributed by atoms with Gasteiger partial charge in [0.1, 0.15) is 5.75 Å². The number of sulfone groups is 1. The van der Waals surface area contributed by atoms with Gasteiger partial charge in [0.25, 0.3) is 5.91 Å². The average molecular weight is 456 g/mol. The zero-order valence-electron chi connectivity index (χ0n) is 16.8. The Labute approximate surface area is 178 Å². The summed E-state index contributed by atoms with van der Waals surface area (Å²) in [6.45, 7) is 1.93. The molecule has 0 radical (unpaired) electrons. The zero-order chi connectivity index (χ0) is 23.1. The monoisotopic (exact) mass is 456 g/mol. The van der Waals surface area contributed by atoms with Crippen molar-refractivity contribution < 1.29 is 31.2 Å². The molecule has 0 spiro atoms. The lowest BCUT2D eigenvalue weighted by atomic mass is 10.1. The first-order valence-electron chi connectivity index (χ1n) is 9.60. The van der Waals surface area contributed by atoms with Gasteiger partial charge in [0.2, 0.25) is 5.91 Å².